The monoisotopic (exact) mass is 197 g/mol. The quantitative estimate of drug-likeness (QED) is 0.627. The van der Waals surface area contributed by atoms with Gasteiger partial charge in [0.1, 0.15) is 6.17 Å². The average Bonchev–Trinajstić information content (AvgIpc) is 2.70. The lowest BCUT2D eigenvalue weighted by Gasteiger charge is -2.32. The van der Waals surface area contributed by atoms with Gasteiger partial charge in [-0.15, -0.1) is 0 Å². The fraction of sp³-hybridized carbons (Fsp3) is 0.909. The van der Waals surface area contributed by atoms with Crippen LogP contribution in [0.15, 0.2) is 0 Å². The van der Waals surface area contributed by atoms with Gasteiger partial charge in [-0.1, -0.05) is 0 Å². The molecule has 0 atom stereocenters. The maximum Gasteiger partial charge on any atom is 0.225 e. The molecule has 2 nitrogen and oxygen atoms in total. The summed E-state index contributed by atoms with van der Waals surface area (Å²) >= 11 is 0. The molecule has 0 N–H and O–H groups in total. The number of hydrogen-bond acceptors (Lipinski definition) is 1. The molecule has 2 saturated carbocycles. The first-order valence-electron chi connectivity index (χ1n) is 5.61. The summed E-state index contributed by atoms with van der Waals surface area (Å²) in [6, 6.07) is 0. The zero-order valence-corrected chi connectivity index (χ0v) is 8.34. The van der Waals surface area contributed by atoms with E-state index in [2.05, 4.69) is 0 Å². The topological polar surface area (TPSA) is 20.3 Å². The second-order valence-corrected chi connectivity index (χ2v) is 5.28. The van der Waals surface area contributed by atoms with Crippen molar-refractivity contribution in [2.75, 3.05) is 13.1 Å². The van der Waals surface area contributed by atoms with Gasteiger partial charge in [-0.2, -0.15) is 0 Å². The van der Waals surface area contributed by atoms with Crippen molar-refractivity contribution in [2.24, 2.45) is 11.3 Å². The molecule has 2 aliphatic carbocycles. The Hall–Kier alpha value is -0.600. The second-order valence-electron chi connectivity index (χ2n) is 5.28. The highest BCUT2D eigenvalue weighted by molar-refractivity contribution is 5.80. The minimum absolute atomic E-state index is 0.0129. The van der Waals surface area contributed by atoms with Crippen LogP contribution in [0.4, 0.5) is 4.39 Å². The first kappa shape index (κ1) is 8.69. The summed E-state index contributed by atoms with van der Waals surface area (Å²) in [5.74, 6) is 0.238. The van der Waals surface area contributed by atoms with Crippen LogP contribution < -0.4 is 0 Å². The fourth-order valence-corrected chi connectivity index (χ4v) is 2.72. The number of carbonyl (C=O) groups is 1. The lowest BCUT2D eigenvalue weighted by molar-refractivity contribution is -0.139. The molecule has 1 amide bonds. The SMILES string of the molecule is O=C([C@H]1C[C@@H](F)C1)N1CCC2(CC2)C1. The molecule has 0 unspecified atom stereocenters. The van der Waals surface area contributed by atoms with E-state index in [0.29, 0.717) is 18.3 Å². The van der Waals surface area contributed by atoms with Crippen molar-refractivity contribution in [1.29, 1.82) is 0 Å². The highest BCUT2D eigenvalue weighted by Gasteiger charge is 2.50. The van der Waals surface area contributed by atoms with Crippen LogP contribution in [-0.4, -0.2) is 30.1 Å². The van der Waals surface area contributed by atoms with Crippen LogP contribution >= 0.6 is 0 Å². The van der Waals surface area contributed by atoms with Gasteiger partial charge in [0.15, 0.2) is 0 Å². The number of halogens is 1. The van der Waals surface area contributed by atoms with E-state index >= 15 is 0 Å². The summed E-state index contributed by atoms with van der Waals surface area (Å²) < 4.78 is 12.6. The van der Waals surface area contributed by atoms with E-state index in [4.69, 9.17) is 0 Å². The molecular formula is C11H16FNO. The fourth-order valence-electron chi connectivity index (χ4n) is 2.72. The van der Waals surface area contributed by atoms with Gasteiger partial charge in [0.2, 0.25) is 5.91 Å². The maximum atomic E-state index is 12.6. The Kier molecular flexibility index (Phi) is 1.68. The minimum atomic E-state index is -0.707. The molecule has 3 rings (SSSR count). The van der Waals surface area contributed by atoms with Crippen molar-refractivity contribution in [3.8, 4) is 0 Å². The molecule has 0 aromatic heterocycles. The molecule has 1 saturated heterocycles. The predicted octanol–water partition coefficient (Wildman–Crippen LogP) is 1.75. The average molecular weight is 197 g/mol. The van der Waals surface area contributed by atoms with Crippen LogP contribution in [0.2, 0.25) is 0 Å². The van der Waals surface area contributed by atoms with E-state index < -0.39 is 6.17 Å². The molecule has 0 aromatic rings. The largest absolute Gasteiger partial charge is 0.342 e. The summed E-state index contributed by atoms with van der Waals surface area (Å²) in [5, 5.41) is 0. The van der Waals surface area contributed by atoms with Gasteiger partial charge in [-0.3, -0.25) is 4.79 Å². The minimum Gasteiger partial charge on any atom is -0.342 e. The number of carbonyl (C=O) groups excluding carboxylic acids is 1. The third kappa shape index (κ3) is 1.25. The van der Waals surface area contributed by atoms with Gasteiger partial charge in [0.25, 0.3) is 0 Å². The molecule has 78 valence electrons. The predicted molar refractivity (Wildman–Crippen MR) is 50.5 cm³/mol. The van der Waals surface area contributed by atoms with E-state index in [-0.39, 0.29) is 11.8 Å². The Balaban J connectivity index is 1.58. The van der Waals surface area contributed by atoms with Gasteiger partial charge < -0.3 is 4.90 Å². The lowest BCUT2D eigenvalue weighted by atomic mass is 9.82. The van der Waals surface area contributed by atoms with E-state index in [1.54, 1.807) is 0 Å². The molecular weight excluding hydrogens is 181 g/mol. The van der Waals surface area contributed by atoms with Crippen molar-refractivity contribution < 1.29 is 9.18 Å². The molecule has 3 aliphatic rings. The van der Waals surface area contributed by atoms with E-state index in [0.717, 1.165) is 13.1 Å². The van der Waals surface area contributed by atoms with Crippen LogP contribution in [0.1, 0.15) is 32.1 Å². The Morgan fingerprint density at radius 2 is 2.00 bits per heavy atom. The number of hydrogen-bond donors (Lipinski definition) is 0. The van der Waals surface area contributed by atoms with Gasteiger partial charge in [0.05, 0.1) is 0 Å². The molecule has 0 bridgehead atoms. The normalized spacial score (nSPS) is 38.5. The molecule has 3 fully saturated rings. The summed E-state index contributed by atoms with van der Waals surface area (Å²) in [6.07, 6.45) is 4.02. The number of nitrogens with zero attached hydrogens (tertiary/aromatic N) is 1. The zero-order chi connectivity index (χ0) is 9.76. The standard InChI is InChI=1S/C11H16FNO/c12-9-5-8(6-9)10(14)13-4-3-11(7-13)1-2-11/h8-9H,1-7H2/t8-,9+. The van der Waals surface area contributed by atoms with E-state index in [9.17, 15) is 9.18 Å². The van der Waals surface area contributed by atoms with E-state index in [1.165, 1.54) is 19.3 Å². The van der Waals surface area contributed by atoms with Crippen LogP contribution in [0.3, 0.4) is 0 Å². The number of alkyl halides is 1. The van der Waals surface area contributed by atoms with Crippen LogP contribution in [0.5, 0.6) is 0 Å². The van der Waals surface area contributed by atoms with Gasteiger partial charge in [-0.25, -0.2) is 4.39 Å². The Bertz CT molecular complexity index is 268. The summed E-state index contributed by atoms with van der Waals surface area (Å²) in [6.45, 7) is 1.88. The van der Waals surface area contributed by atoms with Crippen molar-refractivity contribution >= 4 is 5.91 Å². The molecule has 0 aromatic carbocycles. The summed E-state index contributed by atoms with van der Waals surface area (Å²) in [5.41, 5.74) is 0.508. The molecule has 1 aliphatic heterocycles. The molecule has 1 spiro atoms. The summed E-state index contributed by atoms with van der Waals surface area (Å²) in [4.78, 5) is 13.8. The van der Waals surface area contributed by atoms with Gasteiger partial charge >= 0.3 is 0 Å². The third-order valence-electron chi connectivity index (χ3n) is 4.14. The highest BCUT2D eigenvalue weighted by Crippen LogP contribution is 2.53. The number of likely N-dealkylation sites (tertiary alicyclic amines) is 1. The first-order chi connectivity index (χ1) is 6.69. The zero-order valence-electron chi connectivity index (χ0n) is 8.34. The van der Waals surface area contributed by atoms with Gasteiger partial charge in [0, 0.05) is 19.0 Å². The highest BCUT2D eigenvalue weighted by atomic mass is 19.1. The Morgan fingerprint density at radius 3 is 2.50 bits per heavy atom. The molecule has 3 heteroatoms. The molecule has 1 heterocycles. The van der Waals surface area contributed by atoms with Crippen LogP contribution in [0, 0.1) is 11.3 Å². The van der Waals surface area contributed by atoms with Crippen molar-refractivity contribution in [3.63, 3.8) is 0 Å². The first-order valence-corrected chi connectivity index (χ1v) is 5.61. The Labute approximate surface area is 83.5 Å². The molecule has 0 radical (unpaired) electrons. The number of rotatable bonds is 1. The Morgan fingerprint density at radius 1 is 1.29 bits per heavy atom. The lowest BCUT2D eigenvalue weighted by Crippen LogP contribution is -2.41. The van der Waals surface area contributed by atoms with Crippen molar-refractivity contribution in [1.82, 2.24) is 4.90 Å². The van der Waals surface area contributed by atoms with Crippen molar-refractivity contribution in [2.45, 2.75) is 38.3 Å². The van der Waals surface area contributed by atoms with Crippen LogP contribution in [0.25, 0.3) is 0 Å². The smallest absolute Gasteiger partial charge is 0.225 e. The third-order valence-corrected chi connectivity index (χ3v) is 4.14. The summed E-state index contributed by atoms with van der Waals surface area (Å²) in [7, 11) is 0. The number of amides is 1. The molecule has 14 heavy (non-hydrogen) atoms. The van der Waals surface area contributed by atoms with Gasteiger partial charge in [-0.05, 0) is 37.5 Å². The van der Waals surface area contributed by atoms with Crippen molar-refractivity contribution in [3.05, 3.63) is 0 Å². The van der Waals surface area contributed by atoms with E-state index in [1.807, 2.05) is 4.90 Å². The second kappa shape index (κ2) is 2.71. The van der Waals surface area contributed by atoms with Crippen LogP contribution in [-0.2, 0) is 4.79 Å². The maximum absolute atomic E-state index is 12.6.